The summed E-state index contributed by atoms with van der Waals surface area (Å²) in [6, 6.07) is 15.5. The van der Waals surface area contributed by atoms with Gasteiger partial charge in [0.25, 0.3) is 5.91 Å². The molecule has 0 atom stereocenters. The topological polar surface area (TPSA) is 44.4 Å². The van der Waals surface area contributed by atoms with Crippen molar-refractivity contribution in [3.8, 4) is 0 Å². The van der Waals surface area contributed by atoms with Crippen LogP contribution < -0.4 is 10.6 Å². The number of halogens is 1. The zero-order chi connectivity index (χ0) is 17.6. The van der Waals surface area contributed by atoms with E-state index >= 15 is 0 Å². The van der Waals surface area contributed by atoms with Crippen LogP contribution in [0.1, 0.15) is 28.8 Å². The number of likely N-dealkylation sites (tertiary alicyclic amines) is 1. The molecule has 0 bridgehead atoms. The van der Waals surface area contributed by atoms with Crippen molar-refractivity contribution >= 4 is 23.2 Å². The van der Waals surface area contributed by atoms with E-state index < -0.39 is 0 Å². The smallest absolute Gasteiger partial charge is 0.255 e. The van der Waals surface area contributed by atoms with Crippen LogP contribution in [-0.2, 0) is 6.54 Å². The maximum absolute atomic E-state index is 12.3. The Bertz CT molecular complexity index is 709. The molecule has 0 aliphatic carbocycles. The van der Waals surface area contributed by atoms with Crippen molar-refractivity contribution in [2.75, 3.05) is 25.5 Å². The SMILES string of the molecule is CN1CCC(NCc2cccc(NC(=O)c3ccc(Cl)cc3)c2)CC1. The highest BCUT2D eigenvalue weighted by atomic mass is 35.5. The summed E-state index contributed by atoms with van der Waals surface area (Å²) in [4.78, 5) is 14.7. The van der Waals surface area contributed by atoms with Gasteiger partial charge in [-0.2, -0.15) is 0 Å². The van der Waals surface area contributed by atoms with Gasteiger partial charge in [-0.1, -0.05) is 23.7 Å². The lowest BCUT2D eigenvalue weighted by Crippen LogP contribution is -2.40. The molecule has 0 saturated carbocycles. The van der Waals surface area contributed by atoms with E-state index in [0.717, 1.165) is 25.3 Å². The molecular weight excluding hydrogens is 334 g/mol. The van der Waals surface area contributed by atoms with Gasteiger partial charge >= 0.3 is 0 Å². The fourth-order valence-electron chi connectivity index (χ4n) is 3.04. The average molecular weight is 358 g/mol. The fourth-order valence-corrected chi connectivity index (χ4v) is 3.16. The second-order valence-electron chi connectivity index (χ2n) is 6.62. The van der Waals surface area contributed by atoms with Gasteiger partial charge in [-0.25, -0.2) is 0 Å². The van der Waals surface area contributed by atoms with Gasteiger partial charge in [0.15, 0.2) is 0 Å². The number of nitrogens with zero attached hydrogens (tertiary/aromatic N) is 1. The Balaban J connectivity index is 1.55. The van der Waals surface area contributed by atoms with Crippen LogP contribution in [0.5, 0.6) is 0 Å². The predicted molar refractivity (Wildman–Crippen MR) is 103 cm³/mol. The quantitative estimate of drug-likeness (QED) is 0.856. The lowest BCUT2D eigenvalue weighted by molar-refractivity contribution is 0.102. The normalized spacial score (nSPS) is 15.9. The Kier molecular flexibility index (Phi) is 6.08. The Morgan fingerprint density at radius 1 is 1.16 bits per heavy atom. The van der Waals surface area contributed by atoms with Crippen LogP contribution in [0.15, 0.2) is 48.5 Å². The van der Waals surface area contributed by atoms with Crippen LogP contribution >= 0.6 is 11.6 Å². The van der Waals surface area contributed by atoms with Gasteiger partial charge < -0.3 is 15.5 Å². The van der Waals surface area contributed by atoms with Crippen LogP contribution in [0, 0.1) is 0 Å². The number of nitrogens with one attached hydrogen (secondary N) is 2. The predicted octanol–water partition coefficient (Wildman–Crippen LogP) is 3.78. The maximum atomic E-state index is 12.3. The number of carbonyl (C=O) groups is 1. The van der Waals surface area contributed by atoms with E-state index in [-0.39, 0.29) is 5.91 Å². The van der Waals surface area contributed by atoms with Crippen LogP contribution in [0.4, 0.5) is 5.69 Å². The number of benzene rings is 2. The van der Waals surface area contributed by atoms with Crippen molar-refractivity contribution in [1.29, 1.82) is 0 Å². The van der Waals surface area contributed by atoms with Gasteiger partial charge in [0.2, 0.25) is 0 Å². The summed E-state index contributed by atoms with van der Waals surface area (Å²) in [7, 11) is 2.17. The third-order valence-electron chi connectivity index (χ3n) is 4.60. The summed E-state index contributed by atoms with van der Waals surface area (Å²) in [6.45, 7) is 3.11. The first-order chi connectivity index (χ1) is 12.1. The molecule has 1 aliphatic rings. The van der Waals surface area contributed by atoms with Crippen LogP contribution in [0.2, 0.25) is 5.02 Å². The molecule has 1 fully saturated rings. The van der Waals surface area contributed by atoms with Crippen LogP contribution in [0.3, 0.4) is 0 Å². The zero-order valence-corrected chi connectivity index (χ0v) is 15.2. The minimum absolute atomic E-state index is 0.128. The summed E-state index contributed by atoms with van der Waals surface area (Å²) in [5.74, 6) is -0.128. The van der Waals surface area contributed by atoms with Crippen LogP contribution in [0.25, 0.3) is 0 Å². The molecule has 0 spiro atoms. The number of carbonyl (C=O) groups excluding carboxylic acids is 1. The van der Waals surface area contributed by atoms with Gasteiger partial charge in [-0.3, -0.25) is 4.79 Å². The Morgan fingerprint density at radius 3 is 2.60 bits per heavy atom. The van der Waals surface area contributed by atoms with Gasteiger partial charge in [0, 0.05) is 28.9 Å². The number of anilines is 1. The number of rotatable bonds is 5. The summed E-state index contributed by atoms with van der Waals surface area (Å²) in [6.07, 6.45) is 2.37. The standard InChI is InChI=1S/C20H24ClN3O/c1-24-11-9-18(10-12-24)22-14-15-3-2-4-19(13-15)23-20(25)16-5-7-17(21)8-6-16/h2-8,13,18,22H,9-12,14H2,1H3,(H,23,25). The molecule has 0 aromatic heterocycles. The molecule has 0 unspecified atom stereocenters. The fraction of sp³-hybridized carbons (Fsp3) is 0.350. The number of hydrogen-bond acceptors (Lipinski definition) is 3. The molecule has 1 aliphatic heterocycles. The highest BCUT2D eigenvalue weighted by Crippen LogP contribution is 2.15. The summed E-state index contributed by atoms with van der Waals surface area (Å²) in [5, 5.41) is 7.19. The van der Waals surface area contributed by atoms with E-state index in [1.807, 2.05) is 18.2 Å². The van der Waals surface area contributed by atoms with E-state index in [0.29, 0.717) is 16.6 Å². The second kappa shape index (κ2) is 8.48. The minimum atomic E-state index is -0.128. The Hall–Kier alpha value is -1.88. The Labute approximate surface area is 154 Å². The molecule has 0 radical (unpaired) electrons. The molecule has 2 aromatic rings. The molecule has 1 heterocycles. The van der Waals surface area contributed by atoms with Crippen molar-refractivity contribution in [1.82, 2.24) is 10.2 Å². The van der Waals surface area contributed by atoms with E-state index in [2.05, 4.69) is 28.6 Å². The van der Waals surface area contributed by atoms with Gasteiger partial charge in [0.05, 0.1) is 0 Å². The molecule has 2 N–H and O–H groups in total. The van der Waals surface area contributed by atoms with Gasteiger partial charge in [0.1, 0.15) is 0 Å². The number of piperidine rings is 1. The first-order valence-electron chi connectivity index (χ1n) is 8.68. The van der Waals surface area contributed by atoms with Crippen LogP contribution in [-0.4, -0.2) is 37.0 Å². The van der Waals surface area contributed by atoms with E-state index in [1.54, 1.807) is 24.3 Å². The maximum Gasteiger partial charge on any atom is 0.255 e. The van der Waals surface area contributed by atoms with E-state index in [9.17, 15) is 4.79 Å². The van der Waals surface area contributed by atoms with Crippen molar-refractivity contribution in [2.24, 2.45) is 0 Å². The second-order valence-corrected chi connectivity index (χ2v) is 7.06. The third kappa shape index (κ3) is 5.30. The van der Waals surface area contributed by atoms with Crippen molar-refractivity contribution in [2.45, 2.75) is 25.4 Å². The van der Waals surface area contributed by atoms with Crippen molar-refractivity contribution in [3.05, 3.63) is 64.7 Å². The highest BCUT2D eigenvalue weighted by molar-refractivity contribution is 6.30. The lowest BCUT2D eigenvalue weighted by atomic mass is 10.1. The van der Waals surface area contributed by atoms with E-state index in [4.69, 9.17) is 11.6 Å². The molecule has 5 heteroatoms. The molecular formula is C20H24ClN3O. The average Bonchev–Trinajstić information content (AvgIpc) is 2.62. The molecule has 1 amide bonds. The van der Waals surface area contributed by atoms with Crippen molar-refractivity contribution < 1.29 is 4.79 Å². The summed E-state index contributed by atoms with van der Waals surface area (Å²) < 4.78 is 0. The Morgan fingerprint density at radius 2 is 1.88 bits per heavy atom. The molecule has 4 nitrogen and oxygen atoms in total. The molecule has 132 valence electrons. The lowest BCUT2D eigenvalue weighted by Gasteiger charge is -2.29. The molecule has 3 rings (SSSR count). The molecule has 2 aromatic carbocycles. The molecule has 1 saturated heterocycles. The van der Waals surface area contributed by atoms with E-state index in [1.165, 1.54) is 18.4 Å². The largest absolute Gasteiger partial charge is 0.322 e. The van der Waals surface area contributed by atoms with Gasteiger partial charge in [-0.05, 0) is 74.9 Å². The zero-order valence-electron chi connectivity index (χ0n) is 14.5. The number of amides is 1. The first kappa shape index (κ1) is 17.9. The molecule has 25 heavy (non-hydrogen) atoms. The monoisotopic (exact) mass is 357 g/mol. The highest BCUT2D eigenvalue weighted by Gasteiger charge is 2.15. The number of hydrogen-bond donors (Lipinski definition) is 2. The third-order valence-corrected chi connectivity index (χ3v) is 4.86. The minimum Gasteiger partial charge on any atom is -0.322 e. The first-order valence-corrected chi connectivity index (χ1v) is 9.06. The summed E-state index contributed by atoms with van der Waals surface area (Å²) in [5.41, 5.74) is 2.58. The van der Waals surface area contributed by atoms with Gasteiger partial charge in [-0.15, -0.1) is 0 Å². The summed E-state index contributed by atoms with van der Waals surface area (Å²) >= 11 is 5.86. The van der Waals surface area contributed by atoms with Crippen molar-refractivity contribution in [3.63, 3.8) is 0 Å².